The summed E-state index contributed by atoms with van der Waals surface area (Å²) in [7, 11) is 1.45. The van der Waals surface area contributed by atoms with Crippen LogP contribution in [0.1, 0.15) is 61.9 Å². The summed E-state index contributed by atoms with van der Waals surface area (Å²) in [5.74, 6) is -0.444. The van der Waals surface area contributed by atoms with Gasteiger partial charge in [0.15, 0.2) is 5.82 Å². The van der Waals surface area contributed by atoms with Crippen LogP contribution in [0.3, 0.4) is 0 Å². The molecule has 0 atom stereocenters. The summed E-state index contributed by atoms with van der Waals surface area (Å²) in [5.41, 5.74) is 1.12. The smallest absolute Gasteiger partial charge is 0.271 e. The van der Waals surface area contributed by atoms with Crippen LogP contribution in [0.4, 0.5) is 4.39 Å². The molecule has 2 aromatic rings. The second-order valence-corrected chi connectivity index (χ2v) is 10.0. The number of amides is 2. The van der Waals surface area contributed by atoms with E-state index in [1.165, 1.54) is 32.1 Å². The number of nitrogens with one attached hydrogen (secondary N) is 3. The quantitative estimate of drug-likeness (QED) is 0.602. The molecule has 3 fully saturated rings. The molecule has 10 heteroatoms. The number of methoxy groups -OCH3 is 1. The number of carbonyl (C=O) groups excluding carboxylic acids is 2. The van der Waals surface area contributed by atoms with Crippen molar-refractivity contribution in [3.8, 4) is 17.1 Å². The van der Waals surface area contributed by atoms with Gasteiger partial charge in [-0.3, -0.25) is 14.7 Å². The van der Waals surface area contributed by atoms with E-state index in [9.17, 15) is 14.0 Å². The first-order valence-corrected chi connectivity index (χ1v) is 12.6. The summed E-state index contributed by atoms with van der Waals surface area (Å²) in [4.78, 5) is 31.4. The van der Waals surface area contributed by atoms with Gasteiger partial charge < -0.3 is 20.3 Å². The van der Waals surface area contributed by atoms with Crippen LogP contribution in [0.2, 0.25) is 0 Å². The van der Waals surface area contributed by atoms with Crippen LogP contribution >= 0.6 is 0 Å². The van der Waals surface area contributed by atoms with E-state index in [4.69, 9.17) is 4.74 Å². The lowest BCUT2D eigenvalue weighted by Crippen LogP contribution is -2.50. The Labute approximate surface area is 204 Å². The number of carbonyl (C=O) groups is 2. The lowest BCUT2D eigenvalue weighted by atomic mass is 9.78. The number of aromatic nitrogens is 3. The highest BCUT2D eigenvalue weighted by molar-refractivity contribution is 5.93. The first-order chi connectivity index (χ1) is 17.0. The summed E-state index contributed by atoms with van der Waals surface area (Å²) >= 11 is 0. The van der Waals surface area contributed by atoms with Gasteiger partial charge in [-0.05, 0) is 64.0 Å². The predicted octanol–water partition coefficient (Wildman–Crippen LogP) is 2.65. The third-order valence-electron chi connectivity index (χ3n) is 7.90. The van der Waals surface area contributed by atoms with Crippen LogP contribution in [0, 0.1) is 11.7 Å². The van der Waals surface area contributed by atoms with E-state index in [0.29, 0.717) is 37.2 Å². The van der Waals surface area contributed by atoms with E-state index in [-0.39, 0.29) is 40.9 Å². The van der Waals surface area contributed by atoms with Crippen LogP contribution in [-0.4, -0.2) is 70.2 Å². The molecule has 3 N–H and O–H groups in total. The highest BCUT2D eigenvalue weighted by atomic mass is 19.1. The van der Waals surface area contributed by atoms with Gasteiger partial charge in [0, 0.05) is 42.2 Å². The van der Waals surface area contributed by atoms with Crippen molar-refractivity contribution >= 4 is 11.8 Å². The molecule has 188 valence electrons. The first-order valence-electron chi connectivity index (χ1n) is 12.6. The molecular weight excluding hydrogens is 451 g/mol. The van der Waals surface area contributed by atoms with Gasteiger partial charge in [-0.2, -0.15) is 5.10 Å². The van der Waals surface area contributed by atoms with Gasteiger partial charge in [0.2, 0.25) is 11.8 Å². The first kappa shape index (κ1) is 23.7. The molecule has 4 heterocycles. The van der Waals surface area contributed by atoms with Crippen molar-refractivity contribution in [2.24, 2.45) is 5.92 Å². The minimum absolute atomic E-state index is 0.0738. The van der Waals surface area contributed by atoms with E-state index in [0.717, 1.165) is 38.4 Å². The molecular formula is C25H33FN6O3. The molecule has 0 radical (unpaired) electrons. The van der Waals surface area contributed by atoms with Gasteiger partial charge in [0.25, 0.3) is 5.91 Å². The SMILES string of the molecule is COc1cc(-c2cc(C(=O)N3CCC(C(=O)NC4CCC5(CCCN5)CC4)CC3)[nH]n2)c(F)cn1. The number of likely N-dealkylation sites (tertiary alicyclic amines) is 1. The van der Waals surface area contributed by atoms with Crippen molar-refractivity contribution in [2.45, 2.75) is 62.9 Å². The summed E-state index contributed by atoms with van der Waals surface area (Å²) < 4.78 is 19.3. The standard InChI is InChI=1S/C25H33FN6O3/c1-35-22-13-18(19(26)15-27-22)20-14-21(31-30-20)24(34)32-11-5-16(6-12-32)23(33)29-17-3-8-25(9-4-17)7-2-10-28-25/h13-17,28H,2-12H2,1H3,(H,29,33)(H,30,31). The fraction of sp³-hybridized carbons (Fsp3) is 0.600. The van der Waals surface area contributed by atoms with Crippen LogP contribution in [-0.2, 0) is 4.79 Å². The average Bonchev–Trinajstić information content (AvgIpc) is 3.56. The predicted molar refractivity (Wildman–Crippen MR) is 127 cm³/mol. The Kier molecular flexibility index (Phi) is 6.73. The van der Waals surface area contributed by atoms with E-state index < -0.39 is 5.82 Å². The number of nitrogens with zero attached hydrogens (tertiary/aromatic N) is 3. The lowest BCUT2D eigenvalue weighted by molar-refractivity contribution is -0.127. The molecule has 5 rings (SSSR count). The number of halogens is 1. The number of hydrogen-bond acceptors (Lipinski definition) is 6. The van der Waals surface area contributed by atoms with E-state index in [2.05, 4.69) is 25.8 Å². The largest absolute Gasteiger partial charge is 0.481 e. The molecule has 0 unspecified atom stereocenters. The Bertz CT molecular complexity index is 1060. The monoisotopic (exact) mass is 484 g/mol. The maximum Gasteiger partial charge on any atom is 0.271 e. The van der Waals surface area contributed by atoms with E-state index in [1.54, 1.807) is 4.90 Å². The number of H-pyrrole nitrogens is 1. The molecule has 1 aliphatic carbocycles. The number of hydrogen-bond donors (Lipinski definition) is 3. The molecule has 1 spiro atoms. The van der Waals surface area contributed by atoms with Gasteiger partial charge in [0.05, 0.1) is 19.0 Å². The Morgan fingerprint density at radius 1 is 1.17 bits per heavy atom. The van der Waals surface area contributed by atoms with Crippen molar-refractivity contribution in [1.82, 2.24) is 30.7 Å². The molecule has 2 aromatic heterocycles. The van der Waals surface area contributed by atoms with Gasteiger partial charge >= 0.3 is 0 Å². The molecule has 35 heavy (non-hydrogen) atoms. The number of rotatable bonds is 5. The highest BCUT2D eigenvalue weighted by Gasteiger charge is 2.38. The molecule has 2 saturated heterocycles. The Morgan fingerprint density at radius 3 is 2.63 bits per heavy atom. The van der Waals surface area contributed by atoms with Gasteiger partial charge in [-0.15, -0.1) is 0 Å². The molecule has 1 saturated carbocycles. The second kappa shape index (κ2) is 9.93. The molecule has 0 bridgehead atoms. The fourth-order valence-corrected chi connectivity index (χ4v) is 5.74. The maximum atomic E-state index is 14.2. The van der Waals surface area contributed by atoms with Crippen molar-refractivity contribution in [3.63, 3.8) is 0 Å². The topological polar surface area (TPSA) is 112 Å². The maximum absolute atomic E-state index is 14.2. The molecule has 0 aromatic carbocycles. The van der Waals surface area contributed by atoms with Crippen LogP contribution < -0.4 is 15.4 Å². The summed E-state index contributed by atoms with van der Waals surface area (Å²) in [6.07, 6.45) is 9.16. The van der Waals surface area contributed by atoms with E-state index >= 15 is 0 Å². The van der Waals surface area contributed by atoms with Gasteiger partial charge in [0.1, 0.15) is 5.69 Å². The van der Waals surface area contributed by atoms with Gasteiger partial charge in [-0.25, -0.2) is 9.37 Å². The Morgan fingerprint density at radius 2 is 1.94 bits per heavy atom. The van der Waals surface area contributed by atoms with Crippen molar-refractivity contribution in [2.75, 3.05) is 26.7 Å². The zero-order valence-corrected chi connectivity index (χ0v) is 20.1. The van der Waals surface area contributed by atoms with Crippen molar-refractivity contribution in [3.05, 3.63) is 29.8 Å². The van der Waals surface area contributed by atoms with Crippen molar-refractivity contribution in [1.29, 1.82) is 0 Å². The average molecular weight is 485 g/mol. The number of ether oxygens (including phenoxy) is 1. The molecule has 9 nitrogen and oxygen atoms in total. The molecule has 3 aliphatic rings. The normalized spacial score (nSPS) is 25.1. The van der Waals surface area contributed by atoms with Crippen LogP contribution in [0.25, 0.3) is 11.3 Å². The summed E-state index contributed by atoms with van der Waals surface area (Å²) in [6, 6.07) is 3.24. The highest BCUT2D eigenvalue weighted by Crippen LogP contribution is 2.35. The molecule has 2 amide bonds. The van der Waals surface area contributed by atoms with Crippen molar-refractivity contribution < 1.29 is 18.7 Å². The van der Waals surface area contributed by atoms with Crippen LogP contribution in [0.15, 0.2) is 18.3 Å². The zero-order chi connectivity index (χ0) is 24.4. The van der Waals surface area contributed by atoms with Crippen LogP contribution in [0.5, 0.6) is 5.88 Å². The van der Waals surface area contributed by atoms with Gasteiger partial charge in [-0.1, -0.05) is 0 Å². The summed E-state index contributed by atoms with van der Waals surface area (Å²) in [5, 5.41) is 13.8. The minimum Gasteiger partial charge on any atom is -0.481 e. The fourth-order valence-electron chi connectivity index (χ4n) is 5.74. The lowest BCUT2D eigenvalue weighted by Gasteiger charge is -2.38. The zero-order valence-electron chi connectivity index (χ0n) is 20.1. The van der Waals surface area contributed by atoms with E-state index in [1.807, 2.05) is 0 Å². The second-order valence-electron chi connectivity index (χ2n) is 10.0. The number of aromatic amines is 1. The number of pyridine rings is 1. The number of piperidine rings is 1. The molecule has 2 aliphatic heterocycles. The minimum atomic E-state index is -0.546. The summed E-state index contributed by atoms with van der Waals surface area (Å²) in [6.45, 7) is 2.12. The third-order valence-corrected chi connectivity index (χ3v) is 7.90. The Balaban J connectivity index is 1.12. The Hall–Kier alpha value is -3.01. The third kappa shape index (κ3) is 5.03.